The van der Waals surface area contributed by atoms with Gasteiger partial charge in [0.1, 0.15) is 33.5 Å². The first-order valence-electron chi connectivity index (χ1n) is 50.6. The van der Waals surface area contributed by atoms with Crippen molar-refractivity contribution >= 4 is 229 Å². The molecule has 9 heterocycles. The van der Waals surface area contributed by atoms with Gasteiger partial charge in [-0.2, -0.15) is 0 Å². The predicted molar refractivity (Wildman–Crippen MR) is 613 cm³/mol. The Kier molecular flexibility index (Phi) is 15.8. The largest absolute Gasteiger partial charge is 0.456 e. The zero-order valence-electron chi connectivity index (χ0n) is 78.9. The Balaban J connectivity index is 0.0000000945. The van der Waals surface area contributed by atoms with Crippen LogP contribution in [0.5, 0.6) is 0 Å². The molecule has 3 aliphatic rings. The molecule has 9 nitrogen and oxygen atoms in total. The second-order valence-electron chi connectivity index (χ2n) is 39.8. The predicted octanol–water partition coefficient (Wildman–Crippen LogP) is 37.7. The molecule has 0 N–H and O–H groups in total. The first-order chi connectivity index (χ1) is 73.0. The van der Waals surface area contributed by atoms with Gasteiger partial charge in [0.25, 0.3) is 0 Å². The number of furan rings is 3. The van der Waals surface area contributed by atoms with Gasteiger partial charge in [-0.1, -0.05) is 309 Å². The van der Waals surface area contributed by atoms with Crippen LogP contribution in [0, 0.1) is 0 Å². The molecule has 9 aromatic heterocycles. The number of para-hydroxylation sites is 9. The molecule has 0 bridgehead atoms. The first-order valence-corrected chi connectivity index (χ1v) is 50.6. The van der Waals surface area contributed by atoms with Gasteiger partial charge in [0, 0.05) is 115 Å². The monoisotopic (exact) mass is 1870 g/mol. The van der Waals surface area contributed by atoms with Crippen LogP contribution in [0.3, 0.4) is 0 Å². The number of nitrogens with zero attached hydrogens (tertiary/aromatic N) is 6. The van der Waals surface area contributed by atoms with Crippen molar-refractivity contribution in [2.24, 2.45) is 0 Å². The minimum absolute atomic E-state index is 0.902. The number of rotatable bonds is 6. The second-order valence-corrected chi connectivity index (χ2v) is 39.8. The summed E-state index contributed by atoms with van der Waals surface area (Å²) < 4.78 is 34.3. The highest BCUT2D eigenvalue weighted by atomic mass is 16.3. The van der Waals surface area contributed by atoms with E-state index < -0.39 is 0 Å². The Morgan fingerprint density at radius 2 is 0.381 bits per heavy atom. The van der Waals surface area contributed by atoms with E-state index in [1.165, 1.54) is 236 Å². The topological polar surface area (TPSA) is 69.0 Å². The van der Waals surface area contributed by atoms with Crippen molar-refractivity contribution in [3.8, 4) is 101 Å². The number of benzene rings is 24. The van der Waals surface area contributed by atoms with E-state index in [0.29, 0.717) is 0 Å². The molecule has 0 spiro atoms. The summed E-state index contributed by atoms with van der Waals surface area (Å²) in [5.41, 5.74) is 42.3. The van der Waals surface area contributed by atoms with Gasteiger partial charge in [-0.15, -0.1) is 0 Å². The molecule has 3 aliphatic carbocycles. The average molecular weight is 1870 g/mol. The Bertz CT molecular complexity index is 11700. The lowest BCUT2D eigenvalue weighted by atomic mass is 10.0. The Morgan fingerprint density at radius 1 is 0.116 bits per heavy atom. The molecule has 0 saturated heterocycles. The summed E-state index contributed by atoms with van der Waals surface area (Å²) in [6.07, 6.45) is 0. The lowest BCUT2D eigenvalue weighted by Crippen LogP contribution is -1.96. The van der Waals surface area contributed by atoms with Gasteiger partial charge in [-0.3, -0.25) is 0 Å². The fourth-order valence-electron chi connectivity index (χ4n) is 26.7. The molecule has 33 aromatic rings. The van der Waals surface area contributed by atoms with Crippen molar-refractivity contribution < 1.29 is 13.3 Å². The average Bonchev–Trinajstić information content (AvgIpc) is 1.53. The molecule has 9 heteroatoms. The standard InChI is InChI=1S/3C46H26N2O/c1-2-12-28(13-3-1)48-45-33(34-23-25-41-44(46(34)48)36-15-5-7-19-40(36)49-41)22-24-39-43(45)35-14-4-6-18-38(35)47(39)29-20-21-30-31-16-8-10-27-11-9-17-32(42(27)31)37(30)26-29;1-2-12-28(13-3-1)47-38-18-6-4-14-35(38)43-39(47)24-22-33-34-23-25-41-44(36-15-5-7-19-40(36)49-41)46(34)48(45(33)43)29-20-21-30-31-16-8-10-27-11-9-17-32(42(27)31)37(30)26-29;1-2-12-28(13-3-1)47-38-19-8-6-16-35(38)43-39(47)23-21-33-34-22-24-41-44(36-17-7-9-20-40(36)49-41)46(34)48(45(33)43)29-25-27-11-10-18-32-30-14-4-5-15-31(30)37(26-29)42(27)32/h3*1-26H. The lowest BCUT2D eigenvalue weighted by Gasteiger charge is -2.13. The Labute approximate surface area is 837 Å². The van der Waals surface area contributed by atoms with Crippen LogP contribution in [0.1, 0.15) is 0 Å². The minimum Gasteiger partial charge on any atom is -0.456 e. The molecule has 0 unspecified atom stereocenters. The fraction of sp³-hybridized carbons (Fsp3) is 0. The van der Waals surface area contributed by atoms with Gasteiger partial charge in [0.2, 0.25) is 0 Å². The molecular formula is C138H78N6O3. The fourth-order valence-corrected chi connectivity index (χ4v) is 26.7. The zero-order chi connectivity index (χ0) is 95.4. The van der Waals surface area contributed by atoms with Crippen LogP contribution in [-0.4, -0.2) is 27.4 Å². The maximum atomic E-state index is 6.52. The summed E-state index contributed by atoms with van der Waals surface area (Å²) in [5.74, 6) is 0. The second kappa shape index (κ2) is 29.5. The summed E-state index contributed by atoms with van der Waals surface area (Å²) in [6.45, 7) is 0. The molecular weight excluding hydrogens is 1790 g/mol. The first kappa shape index (κ1) is 79.0. The van der Waals surface area contributed by atoms with Crippen LogP contribution in [0.15, 0.2) is 486 Å². The summed E-state index contributed by atoms with van der Waals surface area (Å²) in [6, 6.07) is 172. The van der Waals surface area contributed by atoms with Gasteiger partial charge < -0.3 is 40.7 Å². The quantitative estimate of drug-likeness (QED) is 0.167. The minimum atomic E-state index is 0.902. The molecule has 0 saturated carbocycles. The molecule has 0 aliphatic heterocycles. The normalized spacial score (nSPS) is 12.5. The molecule has 0 atom stereocenters. The summed E-state index contributed by atoms with van der Waals surface area (Å²) in [7, 11) is 0. The molecule has 147 heavy (non-hydrogen) atoms. The van der Waals surface area contributed by atoms with Gasteiger partial charge in [-0.25, -0.2) is 0 Å². The number of aromatic nitrogens is 6. The number of fused-ring (bicyclic) bond motifs is 42. The molecule has 678 valence electrons. The van der Waals surface area contributed by atoms with E-state index in [2.05, 4.69) is 495 Å². The van der Waals surface area contributed by atoms with Crippen molar-refractivity contribution in [1.82, 2.24) is 27.4 Å². The van der Waals surface area contributed by atoms with Gasteiger partial charge in [0.15, 0.2) is 0 Å². The van der Waals surface area contributed by atoms with E-state index >= 15 is 0 Å². The van der Waals surface area contributed by atoms with E-state index in [-0.39, 0.29) is 0 Å². The van der Waals surface area contributed by atoms with Gasteiger partial charge in [0.05, 0.1) is 82.4 Å². The highest BCUT2D eigenvalue weighted by Crippen LogP contribution is 2.57. The van der Waals surface area contributed by atoms with Crippen LogP contribution >= 0.6 is 0 Å². The number of hydrogen-bond acceptors (Lipinski definition) is 3. The van der Waals surface area contributed by atoms with Crippen LogP contribution in [-0.2, 0) is 0 Å². The van der Waals surface area contributed by atoms with E-state index in [9.17, 15) is 0 Å². The van der Waals surface area contributed by atoms with Crippen LogP contribution in [0.25, 0.3) is 330 Å². The van der Waals surface area contributed by atoms with E-state index in [4.69, 9.17) is 13.3 Å². The van der Waals surface area contributed by atoms with Crippen molar-refractivity contribution in [2.45, 2.75) is 0 Å². The van der Waals surface area contributed by atoms with E-state index in [1.807, 2.05) is 6.07 Å². The third kappa shape index (κ3) is 10.7. The SMILES string of the molecule is c1ccc(-n2c3c(ccc4oc5ccccc5c43)c3ccc4c(c5ccccc5n4-c4ccc5c(c4)-c4cccc6cccc-5c46)c32)cc1.c1ccc(-n2c3ccccc3c3c2ccc2c4ccc5oc6ccccc6c5c4n(-c4cc5c6c(cccc6c4)-c4ccccc4-5)c23)cc1.c1ccc(-n2c3ccccc3c3c2ccc2c4ccc5oc6ccccc6c5c4n(-c4ccc5c(c4)-c4cccc6cccc-5c46)c23)cc1. The zero-order valence-corrected chi connectivity index (χ0v) is 78.9. The van der Waals surface area contributed by atoms with Gasteiger partial charge in [-0.05, 0) is 263 Å². The molecule has 24 aromatic carbocycles. The molecule has 0 radical (unpaired) electrons. The highest BCUT2D eigenvalue weighted by molar-refractivity contribution is 6.36. The van der Waals surface area contributed by atoms with Gasteiger partial charge >= 0.3 is 0 Å². The maximum Gasteiger partial charge on any atom is 0.137 e. The summed E-state index contributed by atoms with van der Waals surface area (Å²) in [5, 5.41) is 29.5. The van der Waals surface area contributed by atoms with Crippen LogP contribution in [0.4, 0.5) is 0 Å². The Morgan fingerprint density at radius 3 is 0.776 bits per heavy atom. The van der Waals surface area contributed by atoms with Crippen molar-refractivity contribution in [2.75, 3.05) is 0 Å². The smallest absolute Gasteiger partial charge is 0.137 e. The van der Waals surface area contributed by atoms with Crippen LogP contribution < -0.4 is 0 Å². The molecule has 0 amide bonds. The third-order valence-corrected chi connectivity index (χ3v) is 32.5. The molecule has 0 fully saturated rings. The third-order valence-electron chi connectivity index (χ3n) is 32.5. The van der Waals surface area contributed by atoms with Crippen molar-refractivity contribution in [3.63, 3.8) is 0 Å². The summed E-state index contributed by atoms with van der Waals surface area (Å²) >= 11 is 0. The Hall–Kier alpha value is -19.7. The van der Waals surface area contributed by atoms with Crippen LogP contribution in [0.2, 0.25) is 0 Å². The highest BCUT2D eigenvalue weighted by Gasteiger charge is 2.34. The molecule has 36 rings (SSSR count). The van der Waals surface area contributed by atoms with E-state index in [0.717, 1.165) is 94.3 Å². The summed E-state index contributed by atoms with van der Waals surface area (Å²) in [4.78, 5) is 0. The lowest BCUT2D eigenvalue weighted by molar-refractivity contribution is 0.669. The van der Waals surface area contributed by atoms with Crippen molar-refractivity contribution in [3.05, 3.63) is 473 Å². The maximum absolute atomic E-state index is 6.52. The number of hydrogen-bond donors (Lipinski definition) is 0. The van der Waals surface area contributed by atoms with Crippen molar-refractivity contribution in [1.29, 1.82) is 0 Å². The van der Waals surface area contributed by atoms with E-state index in [1.54, 1.807) is 0 Å².